The highest BCUT2D eigenvalue weighted by molar-refractivity contribution is 8.00. The van der Waals surface area contributed by atoms with Gasteiger partial charge in [0.1, 0.15) is 11.9 Å². The van der Waals surface area contributed by atoms with Gasteiger partial charge in [-0.1, -0.05) is 23.9 Å². The summed E-state index contributed by atoms with van der Waals surface area (Å²) in [6, 6.07) is 7.34. The van der Waals surface area contributed by atoms with Gasteiger partial charge in [-0.05, 0) is 39.8 Å². The second-order valence-corrected chi connectivity index (χ2v) is 7.67. The minimum atomic E-state index is -0.974. The van der Waals surface area contributed by atoms with Crippen LogP contribution in [0, 0.1) is 0 Å². The van der Waals surface area contributed by atoms with Crippen LogP contribution in [0.4, 0.5) is 11.4 Å². The summed E-state index contributed by atoms with van der Waals surface area (Å²) in [6.45, 7) is 8.06. The van der Waals surface area contributed by atoms with Crippen molar-refractivity contribution in [2.24, 2.45) is 0 Å². The molecular formula is C17H21N5O2S. The van der Waals surface area contributed by atoms with E-state index in [1.807, 2.05) is 36.6 Å². The minimum Gasteiger partial charge on any atom is -0.322 e. The van der Waals surface area contributed by atoms with E-state index < -0.39 is 10.8 Å². The van der Waals surface area contributed by atoms with Gasteiger partial charge in [-0.2, -0.15) is 0 Å². The lowest BCUT2D eigenvalue weighted by molar-refractivity contribution is -0.126. The molecule has 0 unspecified atom stereocenters. The van der Waals surface area contributed by atoms with E-state index in [0.717, 1.165) is 6.54 Å². The molecule has 2 amide bonds. The lowest BCUT2D eigenvalue weighted by Gasteiger charge is -2.43. The molecule has 0 saturated heterocycles. The van der Waals surface area contributed by atoms with Crippen molar-refractivity contribution in [2.45, 2.75) is 50.2 Å². The molecule has 0 aliphatic carbocycles. The maximum atomic E-state index is 13.2. The quantitative estimate of drug-likeness (QED) is 0.849. The van der Waals surface area contributed by atoms with Gasteiger partial charge in [0.15, 0.2) is 5.16 Å². The number of nitrogens with one attached hydrogen (secondary N) is 1. The lowest BCUT2D eigenvalue weighted by Crippen LogP contribution is -2.60. The number of aromatic nitrogens is 3. The number of nitrogens with zero attached hydrogens (tertiary/aromatic N) is 4. The third-order valence-electron chi connectivity index (χ3n) is 4.28. The molecule has 7 nitrogen and oxygen atoms in total. The van der Waals surface area contributed by atoms with Crippen molar-refractivity contribution in [3.05, 3.63) is 30.6 Å². The van der Waals surface area contributed by atoms with Gasteiger partial charge in [0.05, 0.1) is 16.6 Å². The molecule has 3 rings (SSSR count). The third kappa shape index (κ3) is 3.02. The zero-order valence-electron chi connectivity index (χ0n) is 14.7. The number of benzene rings is 1. The van der Waals surface area contributed by atoms with Gasteiger partial charge in [0.25, 0.3) is 0 Å². The first-order valence-corrected chi connectivity index (χ1v) is 9.03. The zero-order chi connectivity index (χ0) is 18.2. The summed E-state index contributed by atoms with van der Waals surface area (Å²) >= 11 is 1.35. The van der Waals surface area contributed by atoms with E-state index in [1.54, 1.807) is 31.1 Å². The fraction of sp³-hybridized carbons (Fsp3) is 0.412. The maximum absolute atomic E-state index is 13.2. The molecule has 1 aromatic heterocycles. The summed E-state index contributed by atoms with van der Waals surface area (Å²) in [5.41, 5.74) is 0.384. The molecule has 132 valence electrons. The summed E-state index contributed by atoms with van der Waals surface area (Å²) in [5, 5.41) is 11.1. The average Bonchev–Trinajstić information content (AvgIpc) is 3.02. The fourth-order valence-electron chi connectivity index (χ4n) is 2.79. The molecule has 2 heterocycles. The first kappa shape index (κ1) is 17.5. The molecule has 0 saturated carbocycles. The van der Waals surface area contributed by atoms with Crippen LogP contribution in [0.1, 0.15) is 27.7 Å². The van der Waals surface area contributed by atoms with Gasteiger partial charge in [0, 0.05) is 6.54 Å². The first-order valence-electron chi connectivity index (χ1n) is 8.15. The van der Waals surface area contributed by atoms with E-state index in [-0.39, 0.29) is 11.8 Å². The molecule has 2 aromatic rings. The number of para-hydroxylation sites is 2. The Labute approximate surface area is 150 Å². The Morgan fingerprint density at radius 2 is 2.08 bits per heavy atom. The highest BCUT2D eigenvalue weighted by Gasteiger charge is 2.44. The highest BCUT2D eigenvalue weighted by Crippen LogP contribution is 2.38. The number of hydrogen-bond acceptors (Lipinski definition) is 5. The van der Waals surface area contributed by atoms with E-state index in [1.165, 1.54) is 11.8 Å². The Morgan fingerprint density at radius 3 is 2.80 bits per heavy atom. The molecular weight excluding hydrogens is 338 g/mol. The van der Waals surface area contributed by atoms with Crippen LogP contribution >= 0.6 is 11.8 Å². The molecule has 25 heavy (non-hydrogen) atoms. The smallest absolute Gasteiger partial charge is 0.250 e. The van der Waals surface area contributed by atoms with Crippen LogP contribution < -0.4 is 10.2 Å². The van der Waals surface area contributed by atoms with E-state index in [4.69, 9.17) is 0 Å². The predicted molar refractivity (Wildman–Crippen MR) is 97.7 cm³/mol. The molecule has 8 heteroatoms. The SMILES string of the molecule is CCn1cnnc1S[C@@H](C)C(=O)N1c2ccccc2NC(=O)C1(C)C. The van der Waals surface area contributed by atoms with Crippen LogP contribution in [0.25, 0.3) is 0 Å². The van der Waals surface area contributed by atoms with Crippen LogP contribution in [0.15, 0.2) is 35.7 Å². The second-order valence-electron chi connectivity index (χ2n) is 6.36. The Kier molecular flexibility index (Phi) is 4.55. The summed E-state index contributed by atoms with van der Waals surface area (Å²) in [7, 11) is 0. The molecule has 0 radical (unpaired) electrons. The largest absolute Gasteiger partial charge is 0.322 e. The third-order valence-corrected chi connectivity index (χ3v) is 5.36. The molecule has 1 aromatic carbocycles. The highest BCUT2D eigenvalue weighted by atomic mass is 32.2. The maximum Gasteiger partial charge on any atom is 0.250 e. The predicted octanol–water partition coefficient (Wildman–Crippen LogP) is 2.54. The van der Waals surface area contributed by atoms with Crippen molar-refractivity contribution in [1.82, 2.24) is 14.8 Å². The van der Waals surface area contributed by atoms with Crippen molar-refractivity contribution in [2.75, 3.05) is 10.2 Å². The van der Waals surface area contributed by atoms with Gasteiger partial charge in [-0.3, -0.25) is 14.5 Å². The molecule has 0 spiro atoms. The Bertz CT molecular complexity index is 817. The van der Waals surface area contributed by atoms with Crippen LogP contribution in [0.3, 0.4) is 0 Å². The van der Waals surface area contributed by atoms with Gasteiger partial charge in [-0.25, -0.2) is 0 Å². The van der Waals surface area contributed by atoms with E-state index in [0.29, 0.717) is 16.5 Å². The van der Waals surface area contributed by atoms with Crippen molar-refractivity contribution in [1.29, 1.82) is 0 Å². The van der Waals surface area contributed by atoms with Gasteiger partial charge in [0.2, 0.25) is 11.8 Å². The first-order chi connectivity index (χ1) is 11.9. The van der Waals surface area contributed by atoms with Crippen LogP contribution in [-0.4, -0.2) is 37.4 Å². The number of fused-ring (bicyclic) bond motifs is 1. The molecule has 1 aliphatic rings. The van der Waals surface area contributed by atoms with E-state index in [2.05, 4.69) is 15.5 Å². The minimum absolute atomic E-state index is 0.136. The Hall–Kier alpha value is -2.35. The molecule has 1 N–H and O–H groups in total. The average molecular weight is 359 g/mol. The lowest BCUT2D eigenvalue weighted by atomic mass is 9.96. The number of aryl methyl sites for hydroxylation is 1. The molecule has 0 fully saturated rings. The molecule has 1 aliphatic heterocycles. The number of rotatable bonds is 4. The van der Waals surface area contributed by atoms with Gasteiger partial charge < -0.3 is 9.88 Å². The summed E-state index contributed by atoms with van der Waals surface area (Å²) in [6.07, 6.45) is 1.65. The van der Waals surface area contributed by atoms with Gasteiger partial charge in [-0.15, -0.1) is 10.2 Å². The number of carbonyl (C=O) groups is 2. The zero-order valence-corrected chi connectivity index (χ0v) is 15.5. The van der Waals surface area contributed by atoms with Crippen molar-refractivity contribution >= 4 is 35.0 Å². The standard InChI is InChI=1S/C17H21N5O2S/c1-5-21-10-18-20-16(21)25-11(2)14(23)22-13-9-7-6-8-12(13)19-15(24)17(22,3)4/h6-11H,5H2,1-4H3,(H,19,24)/t11-/m0/s1. The normalized spacial score (nSPS) is 17.0. The van der Waals surface area contributed by atoms with Crippen LogP contribution in [-0.2, 0) is 16.1 Å². The number of anilines is 2. The Morgan fingerprint density at radius 1 is 1.36 bits per heavy atom. The monoisotopic (exact) mass is 359 g/mol. The molecule has 1 atom stereocenters. The van der Waals surface area contributed by atoms with E-state index in [9.17, 15) is 9.59 Å². The van der Waals surface area contributed by atoms with Crippen molar-refractivity contribution < 1.29 is 9.59 Å². The van der Waals surface area contributed by atoms with Crippen LogP contribution in [0.5, 0.6) is 0 Å². The summed E-state index contributed by atoms with van der Waals surface area (Å²) in [5.74, 6) is -0.337. The van der Waals surface area contributed by atoms with Crippen molar-refractivity contribution in [3.63, 3.8) is 0 Å². The summed E-state index contributed by atoms with van der Waals surface area (Å²) < 4.78 is 1.89. The fourth-order valence-corrected chi connectivity index (χ4v) is 3.72. The Balaban J connectivity index is 1.93. The number of amides is 2. The number of carbonyl (C=O) groups excluding carboxylic acids is 2. The molecule has 0 bridgehead atoms. The van der Waals surface area contributed by atoms with E-state index >= 15 is 0 Å². The van der Waals surface area contributed by atoms with Crippen LogP contribution in [0.2, 0.25) is 0 Å². The van der Waals surface area contributed by atoms with Crippen molar-refractivity contribution in [3.8, 4) is 0 Å². The van der Waals surface area contributed by atoms with Gasteiger partial charge >= 0.3 is 0 Å². The number of thioether (sulfide) groups is 1. The second kappa shape index (κ2) is 6.51. The summed E-state index contributed by atoms with van der Waals surface area (Å²) in [4.78, 5) is 27.3. The number of hydrogen-bond donors (Lipinski definition) is 1. The topological polar surface area (TPSA) is 80.1 Å².